The van der Waals surface area contributed by atoms with E-state index in [0.29, 0.717) is 29.8 Å². The Kier molecular flexibility index (Phi) is 7.20. The van der Waals surface area contributed by atoms with Crippen molar-refractivity contribution in [3.63, 3.8) is 0 Å². The van der Waals surface area contributed by atoms with Crippen LogP contribution in [0.1, 0.15) is 21.6 Å². The van der Waals surface area contributed by atoms with Crippen molar-refractivity contribution in [3.05, 3.63) is 41.2 Å². The molecule has 3 N–H and O–H groups in total. The first-order chi connectivity index (χ1) is 17.1. The molecular formula is C23H26ClF3N8O2. The summed E-state index contributed by atoms with van der Waals surface area (Å²) in [5.74, 6) is -0.928. The molecule has 0 bridgehead atoms. The quantitative estimate of drug-likeness (QED) is 0.510. The summed E-state index contributed by atoms with van der Waals surface area (Å²) in [7, 11) is 3.71. The van der Waals surface area contributed by atoms with Gasteiger partial charge in [-0.3, -0.25) is 9.48 Å². The fourth-order valence-corrected chi connectivity index (χ4v) is 4.62. The Morgan fingerprint density at radius 1 is 1.14 bits per heavy atom. The second kappa shape index (κ2) is 10.1. The second-order valence-corrected chi connectivity index (χ2v) is 8.87. The molecule has 1 aromatic carbocycles. The van der Waals surface area contributed by atoms with Gasteiger partial charge >= 0.3 is 6.36 Å². The van der Waals surface area contributed by atoms with Crippen LogP contribution in [0, 0.1) is 0 Å². The molecule has 0 atom stereocenters. The molecule has 2 aromatic heterocycles. The number of benzene rings is 1. The minimum atomic E-state index is -4.86. The van der Waals surface area contributed by atoms with E-state index in [1.165, 1.54) is 10.7 Å². The largest absolute Gasteiger partial charge is 0.573 e. The van der Waals surface area contributed by atoms with Crippen molar-refractivity contribution < 1.29 is 22.7 Å². The van der Waals surface area contributed by atoms with Crippen LogP contribution >= 0.6 is 12.4 Å². The number of nitrogens with two attached hydrogens (primary N) is 1. The van der Waals surface area contributed by atoms with Crippen LogP contribution in [0.2, 0.25) is 0 Å². The van der Waals surface area contributed by atoms with Crippen molar-refractivity contribution in [2.75, 3.05) is 43.4 Å². The van der Waals surface area contributed by atoms with E-state index < -0.39 is 12.3 Å². The first-order valence-electron chi connectivity index (χ1n) is 11.4. The molecule has 1 amide bonds. The highest BCUT2D eigenvalue weighted by Crippen LogP contribution is 2.37. The van der Waals surface area contributed by atoms with Crippen molar-refractivity contribution in [2.45, 2.75) is 19.2 Å². The number of piperazine rings is 1. The van der Waals surface area contributed by atoms with Crippen LogP contribution < -0.4 is 20.7 Å². The van der Waals surface area contributed by atoms with E-state index in [-0.39, 0.29) is 35.5 Å². The summed E-state index contributed by atoms with van der Waals surface area (Å²) in [4.78, 5) is 25.0. The number of ether oxygens (including phenoxy) is 1. The lowest BCUT2D eigenvalue weighted by molar-refractivity contribution is -0.274. The highest BCUT2D eigenvalue weighted by atomic mass is 35.5. The van der Waals surface area contributed by atoms with E-state index in [0.717, 1.165) is 37.4 Å². The summed E-state index contributed by atoms with van der Waals surface area (Å²) in [6.07, 6.45) is -2.10. The van der Waals surface area contributed by atoms with Gasteiger partial charge in [-0.2, -0.15) is 5.10 Å². The van der Waals surface area contributed by atoms with Crippen LogP contribution in [0.3, 0.4) is 0 Å². The van der Waals surface area contributed by atoms with Crippen LogP contribution in [0.5, 0.6) is 5.75 Å². The number of nitrogens with zero attached hydrogens (tertiary/aromatic N) is 6. The number of fused-ring (bicyclic) bond motifs is 3. The molecular weight excluding hydrogens is 513 g/mol. The molecule has 1 saturated heterocycles. The Morgan fingerprint density at radius 3 is 2.54 bits per heavy atom. The first-order valence-corrected chi connectivity index (χ1v) is 11.4. The average molecular weight is 539 g/mol. The normalized spacial score (nSPS) is 15.4. The zero-order chi connectivity index (χ0) is 25.6. The van der Waals surface area contributed by atoms with Gasteiger partial charge in [0.05, 0.1) is 17.1 Å². The van der Waals surface area contributed by atoms with E-state index >= 15 is 0 Å². The number of aryl methyl sites for hydroxylation is 2. The molecule has 2 aliphatic rings. The van der Waals surface area contributed by atoms with Crippen LogP contribution in [-0.4, -0.2) is 70.1 Å². The Morgan fingerprint density at radius 2 is 1.86 bits per heavy atom. The lowest BCUT2D eigenvalue weighted by Crippen LogP contribution is -2.44. The number of carbonyl (C=O) groups is 1. The number of hydrogen-bond donors (Lipinski definition) is 2. The van der Waals surface area contributed by atoms with Crippen LogP contribution in [0.15, 0.2) is 24.4 Å². The Hall–Kier alpha value is -3.58. The van der Waals surface area contributed by atoms with E-state index in [2.05, 4.69) is 34.9 Å². The predicted octanol–water partition coefficient (Wildman–Crippen LogP) is 2.89. The predicted molar refractivity (Wildman–Crippen MR) is 134 cm³/mol. The van der Waals surface area contributed by atoms with Crippen molar-refractivity contribution in [1.82, 2.24) is 24.6 Å². The van der Waals surface area contributed by atoms with Gasteiger partial charge in [0.25, 0.3) is 5.91 Å². The first kappa shape index (κ1) is 26.5. The number of likely N-dealkylation sites (N-methyl/N-ethyl adjacent to an activating group) is 1. The maximum absolute atomic E-state index is 13.1. The summed E-state index contributed by atoms with van der Waals surface area (Å²) in [5, 5.41) is 7.14. The molecule has 198 valence electrons. The van der Waals surface area contributed by atoms with Gasteiger partial charge in [0.15, 0.2) is 11.4 Å². The number of primary amides is 1. The molecule has 0 spiro atoms. The standard InChI is InChI=1S/C23H25F3N8O2.ClH/c1-32-7-9-34(10-8-32)14-4-6-17(36-23(24,25)26)16(11-14)29-22-28-12-13-3-5-15-19(21(27)35)31-33(2)20(15)18(13)30-22;/h4,6,11-12H,3,5,7-10H2,1-2H3,(H2,27,35)(H,28,29,30);1H. The fourth-order valence-electron chi connectivity index (χ4n) is 4.62. The third kappa shape index (κ3) is 5.42. The Balaban J connectivity index is 0.00000320. The number of rotatable bonds is 5. The van der Waals surface area contributed by atoms with Gasteiger partial charge < -0.3 is 25.6 Å². The maximum Gasteiger partial charge on any atom is 0.573 e. The SMILES string of the molecule is CN1CCN(c2ccc(OC(F)(F)F)c(Nc3ncc4c(n3)-c3c(c(C(N)=O)nn3C)CC4)c2)CC1.Cl. The highest BCUT2D eigenvalue weighted by Gasteiger charge is 2.33. The molecule has 3 heterocycles. The maximum atomic E-state index is 13.1. The molecule has 37 heavy (non-hydrogen) atoms. The minimum Gasteiger partial charge on any atom is -0.404 e. The van der Waals surface area contributed by atoms with Gasteiger partial charge in [-0.15, -0.1) is 25.6 Å². The summed E-state index contributed by atoms with van der Waals surface area (Å²) in [6, 6.07) is 4.51. The molecule has 1 aliphatic heterocycles. The third-order valence-electron chi connectivity index (χ3n) is 6.42. The topological polar surface area (TPSA) is 114 Å². The summed E-state index contributed by atoms with van der Waals surface area (Å²) >= 11 is 0. The van der Waals surface area contributed by atoms with Crippen molar-refractivity contribution in [3.8, 4) is 17.1 Å². The number of alkyl halides is 3. The van der Waals surface area contributed by atoms with Gasteiger partial charge in [-0.05, 0) is 43.7 Å². The molecule has 1 aliphatic carbocycles. The second-order valence-electron chi connectivity index (χ2n) is 8.87. The van der Waals surface area contributed by atoms with Crippen molar-refractivity contribution in [2.24, 2.45) is 12.8 Å². The summed E-state index contributed by atoms with van der Waals surface area (Å²) < 4.78 is 45.2. The number of amides is 1. The highest BCUT2D eigenvalue weighted by molar-refractivity contribution is 5.94. The number of aromatic nitrogens is 4. The van der Waals surface area contributed by atoms with Crippen molar-refractivity contribution in [1.29, 1.82) is 0 Å². The van der Waals surface area contributed by atoms with Gasteiger partial charge in [-0.25, -0.2) is 9.97 Å². The monoisotopic (exact) mass is 538 g/mol. The number of carbonyl (C=O) groups excluding carboxylic acids is 1. The molecule has 0 saturated carbocycles. The van der Waals surface area contributed by atoms with E-state index in [9.17, 15) is 18.0 Å². The Bertz CT molecular complexity index is 1320. The van der Waals surface area contributed by atoms with Gasteiger partial charge in [0.2, 0.25) is 5.95 Å². The number of nitrogens with one attached hydrogen (secondary N) is 1. The lowest BCUT2D eigenvalue weighted by atomic mass is 9.93. The fraction of sp³-hybridized carbons (Fsp3) is 0.391. The molecule has 3 aromatic rings. The smallest absolute Gasteiger partial charge is 0.404 e. The van der Waals surface area contributed by atoms with Gasteiger partial charge in [0.1, 0.15) is 0 Å². The number of hydrogen-bond acceptors (Lipinski definition) is 8. The van der Waals surface area contributed by atoms with E-state index in [4.69, 9.17) is 5.73 Å². The molecule has 10 nitrogen and oxygen atoms in total. The van der Waals surface area contributed by atoms with Crippen LogP contribution in [-0.2, 0) is 19.9 Å². The minimum absolute atomic E-state index is 0. The molecule has 14 heteroatoms. The summed E-state index contributed by atoms with van der Waals surface area (Å²) in [5.41, 5.74) is 9.23. The average Bonchev–Trinajstić information content (AvgIpc) is 3.17. The molecule has 1 fully saturated rings. The van der Waals surface area contributed by atoms with E-state index in [1.807, 2.05) is 7.05 Å². The zero-order valence-electron chi connectivity index (χ0n) is 20.2. The van der Waals surface area contributed by atoms with Crippen molar-refractivity contribution >= 4 is 35.6 Å². The Labute approximate surface area is 217 Å². The lowest BCUT2D eigenvalue weighted by Gasteiger charge is -2.34. The molecule has 0 unspecified atom stereocenters. The van der Waals surface area contributed by atoms with Gasteiger partial charge in [-0.1, -0.05) is 0 Å². The number of anilines is 3. The van der Waals surface area contributed by atoms with Crippen LogP contribution in [0.4, 0.5) is 30.5 Å². The number of halogens is 4. The summed E-state index contributed by atoms with van der Waals surface area (Å²) in [6.45, 7) is 3.18. The van der Waals surface area contributed by atoms with E-state index in [1.54, 1.807) is 25.4 Å². The van der Waals surface area contributed by atoms with Crippen LogP contribution in [0.25, 0.3) is 11.4 Å². The molecule has 5 rings (SSSR count). The third-order valence-corrected chi connectivity index (χ3v) is 6.42. The molecule has 0 radical (unpaired) electrons. The van der Waals surface area contributed by atoms with Gasteiger partial charge in [0, 0.05) is 50.7 Å². The zero-order valence-corrected chi connectivity index (χ0v) is 21.0.